The van der Waals surface area contributed by atoms with E-state index >= 15 is 0 Å². The first-order valence-electron chi connectivity index (χ1n) is 13.4. The number of rotatable bonds is 11. The second-order valence-electron chi connectivity index (χ2n) is 10.6. The average Bonchev–Trinajstić information content (AvgIpc) is 2.82. The first kappa shape index (κ1) is 27.5. The highest BCUT2D eigenvalue weighted by atomic mass is 79.9. The van der Waals surface area contributed by atoms with E-state index in [0.717, 1.165) is 43.3 Å². The van der Waals surface area contributed by atoms with Crippen LogP contribution in [0.4, 0.5) is 0 Å². The summed E-state index contributed by atoms with van der Waals surface area (Å²) in [7, 11) is 1.62. The molecule has 3 rings (SSSR count). The van der Waals surface area contributed by atoms with Crippen LogP contribution in [0.25, 0.3) is 0 Å². The second kappa shape index (κ2) is 13.8. The van der Waals surface area contributed by atoms with E-state index in [1.165, 1.54) is 61.8 Å². The van der Waals surface area contributed by atoms with Crippen molar-refractivity contribution < 1.29 is 14.3 Å². The number of carbonyl (C=O) groups is 1. The van der Waals surface area contributed by atoms with Crippen molar-refractivity contribution in [3.05, 3.63) is 28.2 Å². The summed E-state index contributed by atoms with van der Waals surface area (Å²) in [6, 6.07) is 6.72. The molecule has 0 radical (unpaired) electrons. The van der Waals surface area contributed by atoms with Crippen LogP contribution in [0.2, 0.25) is 0 Å². The van der Waals surface area contributed by atoms with E-state index < -0.39 is 0 Å². The maximum Gasteiger partial charge on any atom is 0.249 e. The largest absolute Gasteiger partial charge is 0.491 e. The van der Waals surface area contributed by atoms with Gasteiger partial charge in [-0.15, -0.1) is 0 Å². The fourth-order valence-electron chi connectivity index (χ4n) is 5.49. The Morgan fingerprint density at radius 2 is 1.82 bits per heavy atom. The molecule has 2 fully saturated rings. The summed E-state index contributed by atoms with van der Waals surface area (Å²) in [6.07, 6.45) is 10.3. The molecule has 1 aliphatic heterocycles. The number of benzene rings is 1. The topological polar surface area (TPSA) is 50.8 Å². The zero-order chi connectivity index (χ0) is 24.5. The standard InChI is InChI=1S/C28H45BrN2O3/c1-5-27(33-4)28(32)30-24-8-6-21(7-9-24)12-15-31-16-13-22(14-17-31)18-23-19-25(34-20(2)3)10-11-26(23)29/h10-11,19-22,24,27H,5-9,12-18H2,1-4H3,(H,30,32). The Morgan fingerprint density at radius 3 is 2.44 bits per heavy atom. The molecule has 192 valence electrons. The van der Waals surface area contributed by atoms with Crippen LogP contribution >= 0.6 is 15.9 Å². The highest BCUT2D eigenvalue weighted by Crippen LogP contribution is 2.31. The number of ether oxygens (including phenoxy) is 2. The molecule has 6 heteroatoms. The van der Waals surface area contributed by atoms with Gasteiger partial charge in [-0.05, 0) is 127 Å². The number of hydrogen-bond acceptors (Lipinski definition) is 4. The van der Waals surface area contributed by atoms with Crippen molar-refractivity contribution in [3.63, 3.8) is 0 Å². The molecule has 1 heterocycles. The summed E-state index contributed by atoms with van der Waals surface area (Å²) >= 11 is 3.74. The summed E-state index contributed by atoms with van der Waals surface area (Å²) in [5.41, 5.74) is 1.37. The summed E-state index contributed by atoms with van der Waals surface area (Å²) in [6.45, 7) is 9.79. The number of piperidine rings is 1. The molecule has 1 unspecified atom stereocenters. The van der Waals surface area contributed by atoms with E-state index in [1.807, 2.05) is 6.92 Å². The first-order chi connectivity index (χ1) is 16.4. The van der Waals surface area contributed by atoms with Gasteiger partial charge < -0.3 is 19.7 Å². The van der Waals surface area contributed by atoms with Crippen molar-refractivity contribution in [1.82, 2.24) is 10.2 Å². The average molecular weight is 538 g/mol. The Balaban J connectivity index is 1.34. The quantitative estimate of drug-likeness (QED) is 0.377. The molecule has 0 bridgehead atoms. The van der Waals surface area contributed by atoms with Crippen molar-refractivity contribution in [1.29, 1.82) is 0 Å². The zero-order valence-corrected chi connectivity index (χ0v) is 23.2. The lowest BCUT2D eigenvalue weighted by Gasteiger charge is -2.34. The molecule has 0 spiro atoms. The van der Waals surface area contributed by atoms with Gasteiger partial charge in [0.2, 0.25) is 5.91 Å². The molecule has 1 saturated heterocycles. The number of nitrogens with one attached hydrogen (secondary N) is 1. The van der Waals surface area contributed by atoms with Crippen molar-refractivity contribution in [2.24, 2.45) is 11.8 Å². The van der Waals surface area contributed by atoms with E-state index in [9.17, 15) is 4.79 Å². The molecular weight excluding hydrogens is 492 g/mol. The number of carbonyl (C=O) groups excluding carboxylic acids is 1. The fourth-order valence-corrected chi connectivity index (χ4v) is 5.90. The second-order valence-corrected chi connectivity index (χ2v) is 11.4. The third kappa shape index (κ3) is 8.53. The van der Waals surface area contributed by atoms with Gasteiger partial charge in [-0.3, -0.25) is 4.79 Å². The molecule has 1 N–H and O–H groups in total. The maximum atomic E-state index is 12.3. The Kier molecular flexibility index (Phi) is 11.2. The third-order valence-electron chi connectivity index (χ3n) is 7.60. The Morgan fingerprint density at radius 1 is 1.12 bits per heavy atom. The molecule has 1 atom stereocenters. The Bertz CT molecular complexity index is 752. The van der Waals surface area contributed by atoms with E-state index in [1.54, 1.807) is 7.11 Å². The third-order valence-corrected chi connectivity index (χ3v) is 8.37. The predicted octanol–water partition coefficient (Wildman–Crippen LogP) is 5.98. The van der Waals surface area contributed by atoms with Crippen LogP contribution in [-0.4, -0.2) is 55.8 Å². The number of methoxy groups -OCH3 is 1. The Labute approximate surface area is 215 Å². The molecule has 2 aliphatic rings. The number of nitrogens with zero attached hydrogens (tertiary/aromatic N) is 1. The Hall–Kier alpha value is -1.11. The molecular formula is C28H45BrN2O3. The van der Waals surface area contributed by atoms with E-state index in [4.69, 9.17) is 9.47 Å². The lowest BCUT2D eigenvalue weighted by Crippen LogP contribution is -2.43. The molecule has 34 heavy (non-hydrogen) atoms. The summed E-state index contributed by atoms with van der Waals surface area (Å²) in [5.74, 6) is 2.58. The number of likely N-dealkylation sites (tertiary alicyclic amines) is 1. The number of hydrogen-bond donors (Lipinski definition) is 1. The minimum atomic E-state index is -0.306. The monoisotopic (exact) mass is 536 g/mol. The van der Waals surface area contributed by atoms with Gasteiger partial charge in [0.15, 0.2) is 0 Å². The van der Waals surface area contributed by atoms with E-state index in [2.05, 4.69) is 58.2 Å². The van der Waals surface area contributed by atoms with Gasteiger partial charge in [-0.2, -0.15) is 0 Å². The van der Waals surface area contributed by atoms with E-state index in [-0.39, 0.29) is 18.1 Å². The SMILES string of the molecule is CCC(OC)C(=O)NC1CCC(CCN2CCC(Cc3cc(OC(C)C)ccc3Br)CC2)CC1. The van der Waals surface area contributed by atoms with Gasteiger partial charge >= 0.3 is 0 Å². The normalized spacial score (nSPS) is 23.1. The van der Waals surface area contributed by atoms with Crippen molar-refractivity contribution in [2.45, 2.75) is 96.8 Å². The first-order valence-corrected chi connectivity index (χ1v) is 14.2. The number of halogens is 1. The smallest absolute Gasteiger partial charge is 0.249 e. The molecule has 1 aromatic rings. The zero-order valence-electron chi connectivity index (χ0n) is 21.7. The number of amides is 1. The van der Waals surface area contributed by atoms with Crippen molar-refractivity contribution >= 4 is 21.8 Å². The predicted molar refractivity (Wildman–Crippen MR) is 142 cm³/mol. The maximum absolute atomic E-state index is 12.3. The lowest BCUT2D eigenvalue weighted by atomic mass is 9.83. The van der Waals surface area contributed by atoms with Gasteiger partial charge in [0.05, 0.1) is 6.10 Å². The highest BCUT2D eigenvalue weighted by molar-refractivity contribution is 9.10. The molecule has 1 saturated carbocycles. The van der Waals surface area contributed by atoms with Gasteiger partial charge in [0.25, 0.3) is 0 Å². The van der Waals surface area contributed by atoms with Crippen LogP contribution in [0.5, 0.6) is 5.75 Å². The van der Waals surface area contributed by atoms with Crippen LogP contribution in [0.1, 0.15) is 77.7 Å². The van der Waals surface area contributed by atoms with Crippen LogP contribution in [0.3, 0.4) is 0 Å². The minimum Gasteiger partial charge on any atom is -0.491 e. The van der Waals surface area contributed by atoms with Crippen molar-refractivity contribution in [2.75, 3.05) is 26.7 Å². The van der Waals surface area contributed by atoms with Crippen molar-refractivity contribution in [3.8, 4) is 5.75 Å². The summed E-state index contributed by atoms with van der Waals surface area (Å²) in [5, 5.41) is 3.20. The molecule has 1 aromatic carbocycles. The van der Waals surface area contributed by atoms with E-state index in [0.29, 0.717) is 6.04 Å². The van der Waals surface area contributed by atoms with Crippen LogP contribution in [-0.2, 0) is 16.0 Å². The van der Waals surface area contributed by atoms with Gasteiger partial charge in [-0.25, -0.2) is 0 Å². The van der Waals surface area contributed by atoms with Crippen LogP contribution in [0.15, 0.2) is 22.7 Å². The lowest BCUT2D eigenvalue weighted by molar-refractivity contribution is -0.132. The summed E-state index contributed by atoms with van der Waals surface area (Å²) < 4.78 is 12.4. The van der Waals surface area contributed by atoms with Crippen LogP contribution in [0, 0.1) is 11.8 Å². The molecule has 1 amide bonds. The van der Waals surface area contributed by atoms with Crippen LogP contribution < -0.4 is 10.1 Å². The summed E-state index contributed by atoms with van der Waals surface area (Å²) in [4.78, 5) is 14.9. The molecule has 0 aromatic heterocycles. The fraction of sp³-hybridized carbons (Fsp3) is 0.750. The highest BCUT2D eigenvalue weighted by Gasteiger charge is 2.26. The van der Waals surface area contributed by atoms with Gasteiger partial charge in [0.1, 0.15) is 11.9 Å². The molecule has 5 nitrogen and oxygen atoms in total. The van der Waals surface area contributed by atoms with Gasteiger partial charge in [0, 0.05) is 17.6 Å². The van der Waals surface area contributed by atoms with Gasteiger partial charge in [-0.1, -0.05) is 22.9 Å². The minimum absolute atomic E-state index is 0.0579. The molecule has 1 aliphatic carbocycles.